The first-order valence-corrected chi connectivity index (χ1v) is 8.45. The van der Waals surface area contributed by atoms with Crippen molar-refractivity contribution < 1.29 is 26.6 Å². The quantitative estimate of drug-likeness (QED) is 0.431. The minimum atomic E-state index is -4.08. The van der Waals surface area contributed by atoms with Crippen LogP contribution in [0.25, 0.3) is 0 Å². The highest BCUT2D eigenvalue weighted by molar-refractivity contribution is 7.85. The third kappa shape index (κ3) is 9.33. The van der Waals surface area contributed by atoms with Crippen LogP contribution in [0.2, 0.25) is 0 Å². The van der Waals surface area contributed by atoms with E-state index in [1.807, 2.05) is 0 Å². The highest BCUT2D eigenvalue weighted by Gasteiger charge is 2.18. The summed E-state index contributed by atoms with van der Waals surface area (Å²) in [6.45, 7) is 2.94. The molecule has 0 radical (unpaired) electrons. The first kappa shape index (κ1) is 16.6. The molecule has 2 unspecified atom stereocenters. The standard InChI is InChI=1S/C9H17O6PS/c1-4-5-9(8-17(11,12)13)6-7-15-16(3,10)14-2/h9H,6-8H2,1-3H3,(H,11,12,13). The van der Waals surface area contributed by atoms with Crippen molar-refractivity contribution in [3.8, 4) is 11.8 Å². The molecular formula is C9H17O6PS. The van der Waals surface area contributed by atoms with Gasteiger partial charge in [-0.2, -0.15) is 8.42 Å². The van der Waals surface area contributed by atoms with Gasteiger partial charge < -0.3 is 9.05 Å². The van der Waals surface area contributed by atoms with Gasteiger partial charge in [-0.3, -0.25) is 9.12 Å². The Morgan fingerprint density at radius 3 is 2.47 bits per heavy atom. The second-order valence-corrected chi connectivity index (χ2v) is 7.08. The fourth-order valence-corrected chi connectivity index (χ4v) is 2.37. The van der Waals surface area contributed by atoms with Crippen LogP contribution in [0.15, 0.2) is 0 Å². The molecule has 0 fully saturated rings. The van der Waals surface area contributed by atoms with Crippen LogP contribution in [0.3, 0.4) is 0 Å². The van der Waals surface area contributed by atoms with Crippen LogP contribution in [0, 0.1) is 17.8 Å². The topological polar surface area (TPSA) is 89.9 Å². The van der Waals surface area contributed by atoms with Crippen LogP contribution in [0.1, 0.15) is 13.3 Å². The lowest BCUT2D eigenvalue weighted by molar-refractivity contribution is 0.230. The molecule has 100 valence electrons. The fraction of sp³-hybridized carbons (Fsp3) is 0.778. The van der Waals surface area contributed by atoms with Gasteiger partial charge in [0.05, 0.1) is 12.4 Å². The summed E-state index contributed by atoms with van der Waals surface area (Å²) in [5.41, 5.74) is 0. The molecule has 0 saturated heterocycles. The molecule has 17 heavy (non-hydrogen) atoms. The molecule has 2 atom stereocenters. The molecule has 0 aromatic carbocycles. The van der Waals surface area contributed by atoms with Crippen LogP contribution >= 0.6 is 7.60 Å². The molecule has 8 heteroatoms. The first-order valence-electron chi connectivity index (χ1n) is 4.85. The molecule has 0 saturated carbocycles. The van der Waals surface area contributed by atoms with Gasteiger partial charge in [0.25, 0.3) is 10.1 Å². The largest absolute Gasteiger partial charge is 0.327 e. The monoisotopic (exact) mass is 284 g/mol. The molecule has 0 aliphatic rings. The zero-order valence-electron chi connectivity index (χ0n) is 10.0. The summed E-state index contributed by atoms with van der Waals surface area (Å²) < 4.78 is 51.0. The number of hydrogen-bond donors (Lipinski definition) is 1. The summed E-state index contributed by atoms with van der Waals surface area (Å²) in [6.07, 6.45) is 0.252. The normalized spacial score (nSPS) is 16.7. The molecule has 0 aromatic rings. The number of hydrogen-bond acceptors (Lipinski definition) is 5. The van der Waals surface area contributed by atoms with Crippen molar-refractivity contribution in [2.45, 2.75) is 13.3 Å². The van der Waals surface area contributed by atoms with Gasteiger partial charge in [0.1, 0.15) is 0 Å². The first-order chi connectivity index (χ1) is 7.70. The molecule has 0 aromatic heterocycles. The van der Waals surface area contributed by atoms with Crippen LogP contribution in [-0.2, 0) is 23.7 Å². The zero-order valence-corrected chi connectivity index (χ0v) is 11.8. The third-order valence-corrected chi connectivity index (χ3v) is 4.02. The Morgan fingerprint density at radius 1 is 1.47 bits per heavy atom. The maximum absolute atomic E-state index is 11.4. The Bertz CT molecular complexity index is 432. The lowest BCUT2D eigenvalue weighted by atomic mass is 10.1. The van der Waals surface area contributed by atoms with Crippen molar-refractivity contribution >= 4 is 17.7 Å². The van der Waals surface area contributed by atoms with Gasteiger partial charge in [-0.15, -0.1) is 5.92 Å². The Labute approximate surface area is 102 Å². The maximum Gasteiger partial charge on any atom is 0.327 e. The summed E-state index contributed by atoms with van der Waals surface area (Å²) in [6, 6.07) is 0. The van der Waals surface area contributed by atoms with E-state index in [9.17, 15) is 13.0 Å². The van der Waals surface area contributed by atoms with Crippen molar-refractivity contribution in [1.29, 1.82) is 0 Å². The van der Waals surface area contributed by atoms with Crippen LogP contribution in [0.5, 0.6) is 0 Å². The van der Waals surface area contributed by atoms with Gasteiger partial charge in [0, 0.05) is 19.7 Å². The molecule has 6 nitrogen and oxygen atoms in total. The number of rotatable bonds is 7. The van der Waals surface area contributed by atoms with Crippen molar-refractivity contribution in [3.63, 3.8) is 0 Å². The minimum absolute atomic E-state index is 0.0521. The summed E-state index contributed by atoms with van der Waals surface area (Å²) in [5, 5.41) is 0. The molecule has 0 spiro atoms. The van der Waals surface area contributed by atoms with Crippen molar-refractivity contribution in [1.82, 2.24) is 0 Å². The van der Waals surface area contributed by atoms with Gasteiger partial charge in [-0.05, 0) is 13.3 Å². The minimum Gasteiger partial charge on any atom is -0.312 e. The molecule has 0 amide bonds. The second kappa shape index (κ2) is 7.14. The predicted molar refractivity (Wildman–Crippen MR) is 64.5 cm³/mol. The van der Waals surface area contributed by atoms with E-state index in [1.54, 1.807) is 6.92 Å². The molecule has 0 aliphatic heterocycles. The van der Waals surface area contributed by atoms with Crippen LogP contribution in [-0.4, -0.2) is 39.1 Å². The molecular weight excluding hydrogens is 267 g/mol. The molecule has 0 heterocycles. The van der Waals surface area contributed by atoms with Gasteiger partial charge in [-0.25, -0.2) is 0 Å². The van der Waals surface area contributed by atoms with E-state index in [2.05, 4.69) is 16.4 Å². The highest BCUT2D eigenvalue weighted by Crippen LogP contribution is 2.42. The maximum atomic E-state index is 11.4. The van der Waals surface area contributed by atoms with Gasteiger partial charge in [-0.1, -0.05) is 5.92 Å². The average Bonchev–Trinajstić information content (AvgIpc) is 2.15. The Balaban J connectivity index is 4.28. The molecule has 1 N–H and O–H groups in total. The Kier molecular flexibility index (Phi) is 6.98. The summed E-state index contributed by atoms with van der Waals surface area (Å²) in [4.78, 5) is 0. The van der Waals surface area contributed by atoms with Gasteiger partial charge >= 0.3 is 7.60 Å². The smallest absolute Gasteiger partial charge is 0.312 e. The third-order valence-electron chi connectivity index (χ3n) is 1.88. The van der Waals surface area contributed by atoms with Crippen molar-refractivity contribution in [3.05, 3.63) is 0 Å². The van der Waals surface area contributed by atoms with E-state index in [0.717, 1.165) is 0 Å². The van der Waals surface area contributed by atoms with Crippen LogP contribution in [0.4, 0.5) is 0 Å². The summed E-state index contributed by atoms with van der Waals surface area (Å²) >= 11 is 0. The fourth-order valence-electron chi connectivity index (χ4n) is 1.07. The Hall–Kier alpha value is -0.380. The van der Waals surface area contributed by atoms with Gasteiger partial charge in [0.15, 0.2) is 0 Å². The van der Waals surface area contributed by atoms with E-state index in [1.165, 1.54) is 13.8 Å². The lowest BCUT2D eigenvalue weighted by Crippen LogP contribution is -2.15. The van der Waals surface area contributed by atoms with E-state index in [-0.39, 0.29) is 13.0 Å². The second-order valence-electron chi connectivity index (χ2n) is 3.42. The molecule has 0 bridgehead atoms. The summed E-state index contributed by atoms with van der Waals surface area (Å²) in [7, 11) is -5.87. The highest BCUT2D eigenvalue weighted by atomic mass is 32.2. The zero-order chi connectivity index (χ0) is 13.5. The van der Waals surface area contributed by atoms with Crippen LogP contribution < -0.4 is 0 Å². The lowest BCUT2D eigenvalue weighted by Gasteiger charge is -2.13. The van der Waals surface area contributed by atoms with Gasteiger partial charge in [0.2, 0.25) is 0 Å². The van der Waals surface area contributed by atoms with E-state index in [0.29, 0.717) is 0 Å². The average molecular weight is 284 g/mol. The van der Waals surface area contributed by atoms with E-state index < -0.39 is 29.4 Å². The summed E-state index contributed by atoms with van der Waals surface area (Å²) in [5.74, 6) is 4.21. The molecule has 0 rings (SSSR count). The Morgan fingerprint density at radius 2 is 2.06 bits per heavy atom. The SMILES string of the molecule is CC#CC(CCOP(C)(=O)OC)CS(=O)(=O)O. The van der Waals surface area contributed by atoms with Crippen molar-refractivity contribution in [2.24, 2.45) is 5.92 Å². The van der Waals surface area contributed by atoms with E-state index >= 15 is 0 Å². The predicted octanol–water partition coefficient (Wildman–Crippen LogP) is 1.39. The van der Waals surface area contributed by atoms with E-state index in [4.69, 9.17) is 9.08 Å². The molecule has 0 aliphatic carbocycles. The van der Waals surface area contributed by atoms with Crippen molar-refractivity contribution in [2.75, 3.05) is 26.1 Å².